The average molecular weight is 177 g/mol. The van der Waals surface area contributed by atoms with Crippen LogP contribution in [0.1, 0.15) is 30.0 Å². The van der Waals surface area contributed by atoms with Crippen molar-refractivity contribution in [2.75, 3.05) is 13.2 Å². The molecule has 0 N–H and O–H groups in total. The van der Waals surface area contributed by atoms with Crippen LogP contribution in [-0.2, 0) is 4.74 Å². The highest BCUT2D eigenvalue weighted by Gasteiger charge is 2.15. The van der Waals surface area contributed by atoms with Crippen molar-refractivity contribution in [1.82, 2.24) is 4.98 Å². The van der Waals surface area contributed by atoms with Crippen molar-refractivity contribution >= 4 is 0 Å². The molecule has 1 aromatic rings. The Bertz CT molecular complexity index is 262. The van der Waals surface area contributed by atoms with E-state index in [2.05, 4.69) is 17.1 Å². The second-order valence-corrected chi connectivity index (χ2v) is 3.62. The Morgan fingerprint density at radius 3 is 2.69 bits per heavy atom. The van der Waals surface area contributed by atoms with Crippen LogP contribution in [0.4, 0.5) is 0 Å². The molecule has 1 fully saturated rings. The van der Waals surface area contributed by atoms with Crippen LogP contribution in [0, 0.1) is 6.92 Å². The quantitative estimate of drug-likeness (QED) is 0.656. The summed E-state index contributed by atoms with van der Waals surface area (Å²) in [6.45, 7) is 3.82. The first-order valence-corrected chi connectivity index (χ1v) is 4.86. The topological polar surface area (TPSA) is 22.1 Å². The Balaban J connectivity index is 2.10. The zero-order valence-corrected chi connectivity index (χ0v) is 7.99. The van der Waals surface area contributed by atoms with Gasteiger partial charge in [-0.25, -0.2) is 0 Å². The molecule has 0 atom stereocenters. The molecule has 0 radical (unpaired) electrons. The molecule has 2 heterocycles. The first-order valence-electron chi connectivity index (χ1n) is 4.86. The standard InChI is InChI=1S/C11H15NO/c1-9-2-3-11(8-12-9)10-4-6-13-7-5-10/h2-3,8,10H,4-7H2,1H3. The highest BCUT2D eigenvalue weighted by Crippen LogP contribution is 2.25. The van der Waals surface area contributed by atoms with Crippen molar-refractivity contribution in [2.45, 2.75) is 25.7 Å². The number of hydrogen-bond acceptors (Lipinski definition) is 2. The summed E-state index contributed by atoms with van der Waals surface area (Å²) in [5, 5.41) is 0. The van der Waals surface area contributed by atoms with Crippen molar-refractivity contribution in [3.63, 3.8) is 0 Å². The number of rotatable bonds is 1. The number of nitrogens with zero attached hydrogens (tertiary/aromatic N) is 1. The second-order valence-electron chi connectivity index (χ2n) is 3.62. The van der Waals surface area contributed by atoms with E-state index < -0.39 is 0 Å². The molecule has 0 spiro atoms. The van der Waals surface area contributed by atoms with Crippen LogP contribution in [0.15, 0.2) is 18.3 Å². The summed E-state index contributed by atoms with van der Waals surface area (Å²) in [7, 11) is 0. The van der Waals surface area contributed by atoms with Crippen molar-refractivity contribution in [3.05, 3.63) is 29.6 Å². The molecule has 0 saturated carbocycles. The minimum absolute atomic E-state index is 0.668. The maximum Gasteiger partial charge on any atom is 0.0471 e. The van der Waals surface area contributed by atoms with Gasteiger partial charge in [-0.3, -0.25) is 4.98 Å². The summed E-state index contributed by atoms with van der Waals surface area (Å²) < 4.78 is 5.32. The summed E-state index contributed by atoms with van der Waals surface area (Å²) in [6, 6.07) is 4.28. The predicted molar refractivity (Wildman–Crippen MR) is 51.8 cm³/mol. The molecule has 0 bridgehead atoms. The Morgan fingerprint density at radius 2 is 2.08 bits per heavy atom. The average Bonchev–Trinajstić information content (AvgIpc) is 2.20. The summed E-state index contributed by atoms with van der Waals surface area (Å²) >= 11 is 0. The van der Waals surface area contributed by atoms with E-state index in [9.17, 15) is 0 Å². The normalized spacial score (nSPS) is 18.8. The molecule has 0 amide bonds. The van der Waals surface area contributed by atoms with Crippen LogP contribution in [0.2, 0.25) is 0 Å². The Hall–Kier alpha value is -0.890. The third-order valence-electron chi connectivity index (χ3n) is 2.63. The van der Waals surface area contributed by atoms with Crippen molar-refractivity contribution in [3.8, 4) is 0 Å². The van der Waals surface area contributed by atoms with Gasteiger partial charge in [0.1, 0.15) is 0 Å². The fourth-order valence-corrected chi connectivity index (χ4v) is 1.75. The van der Waals surface area contributed by atoms with E-state index in [4.69, 9.17) is 4.74 Å². The maximum atomic E-state index is 5.32. The van der Waals surface area contributed by atoms with E-state index in [-0.39, 0.29) is 0 Å². The molecule has 1 aliphatic rings. The van der Waals surface area contributed by atoms with Gasteiger partial charge in [0.05, 0.1) is 0 Å². The van der Waals surface area contributed by atoms with Gasteiger partial charge in [-0.15, -0.1) is 0 Å². The van der Waals surface area contributed by atoms with Gasteiger partial charge in [-0.05, 0) is 37.3 Å². The van der Waals surface area contributed by atoms with Gasteiger partial charge in [0.15, 0.2) is 0 Å². The lowest BCUT2D eigenvalue weighted by Crippen LogP contribution is -2.14. The summed E-state index contributed by atoms with van der Waals surface area (Å²) in [5.41, 5.74) is 2.46. The number of aryl methyl sites for hydroxylation is 1. The van der Waals surface area contributed by atoms with E-state index in [1.807, 2.05) is 13.1 Å². The highest BCUT2D eigenvalue weighted by atomic mass is 16.5. The van der Waals surface area contributed by atoms with Crippen molar-refractivity contribution in [2.24, 2.45) is 0 Å². The highest BCUT2D eigenvalue weighted by molar-refractivity contribution is 5.18. The van der Waals surface area contributed by atoms with E-state index >= 15 is 0 Å². The van der Waals surface area contributed by atoms with Crippen molar-refractivity contribution < 1.29 is 4.74 Å². The summed E-state index contributed by atoms with van der Waals surface area (Å²) in [5.74, 6) is 0.668. The first kappa shape index (κ1) is 8.70. The third kappa shape index (κ3) is 2.07. The van der Waals surface area contributed by atoms with Gasteiger partial charge >= 0.3 is 0 Å². The molecule has 2 heteroatoms. The molecule has 1 aromatic heterocycles. The number of pyridine rings is 1. The van der Waals surface area contributed by atoms with Gasteiger partial charge in [-0.2, -0.15) is 0 Å². The fraction of sp³-hybridized carbons (Fsp3) is 0.545. The van der Waals surface area contributed by atoms with E-state index in [0.29, 0.717) is 5.92 Å². The lowest BCUT2D eigenvalue weighted by atomic mass is 9.93. The van der Waals surface area contributed by atoms with Gasteiger partial charge in [0.25, 0.3) is 0 Å². The van der Waals surface area contributed by atoms with Gasteiger partial charge in [-0.1, -0.05) is 6.07 Å². The smallest absolute Gasteiger partial charge is 0.0471 e. The van der Waals surface area contributed by atoms with Gasteiger partial charge in [0.2, 0.25) is 0 Å². The van der Waals surface area contributed by atoms with Crippen LogP contribution >= 0.6 is 0 Å². The fourth-order valence-electron chi connectivity index (χ4n) is 1.75. The van der Waals surface area contributed by atoms with Crippen LogP contribution in [0.5, 0.6) is 0 Å². The Morgan fingerprint density at radius 1 is 1.31 bits per heavy atom. The Kier molecular flexibility index (Phi) is 2.60. The molecular weight excluding hydrogens is 162 g/mol. The molecule has 1 saturated heterocycles. The second kappa shape index (κ2) is 3.88. The number of ether oxygens (including phenoxy) is 1. The molecule has 2 nitrogen and oxygen atoms in total. The Labute approximate surface area is 78.9 Å². The SMILES string of the molecule is Cc1ccc(C2CCOCC2)cn1. The molecule has 13 heavy (non-hydrogen) atoms. The molecule has 0 aromatic carbocycles. The van der Waals surface area contributed by atoms with E-state index in [1.54, 1.807) is 0 Å². The minimum Gasteiger partial charge on any atom is -0.381 e. The monoisotopic (exact) mass is 177 g/mol. The summed E-state index contributed by atoms with van der Waals surface area (Å²) in [4.78, 5) is 4.31. The molecule has 0 unspecified atom stereocenters. The first-order chi connectivity index (χ1) is 6.36. The third-order valence-corrected chi connectivity index (χ3v) is 2.63. The van der Waals surface area contributed by atoms with E-state index in [0.717, 1.165) is 31.7 Å². The van der Waals surface area contributed by atoms with Crippen LogP contribution in [0.3, 0.4) is 0 Å². The molecule has 0 aliphatic carbocycles. The number of aromatic nitrogens is 1. The maximum absolute atomic E-state index is 5.32. The van der Waals surface area contributed by atoms with Gasteiger partial charge < -0.3 is 4.74 Å². The van der Waals surface area contributed by atoms with E-state index in [1.165, 1.54) is 5.56 Å². The molecular formula is C11H15NO. The van der Waals surface area contributed by atoms with Crippen LogP contribution < -0.4 is 0 Å². The molecule has 2 rings (SSSR count). The van der Waals surface area contributed by atoms with Crippen LogP contribution in [-0.4, -0.2) is 18.2 Å². The predicted octanol–water partition coefficient (Wildman–Crippen LogP) is 2.28. The summed E-state index contributed by atoms with van der Waals surface area (Å²) in [6.07, 6.45) is 4.29. The van der Waals surface area contributed by atoms with Gasteiger partial charge in [0, 0.05) is 25.1 Å². The van der Waals surface area contributed by atoms with Crippen molar-refractivity contribution in [1.29, 1.82) is 0 Å². The zero-order chi connectivity index (χ0) is 9.10. The zero-order valence-electron chi connectivity index (χ0n) is 7.99. The lowest BCUT2D eigenvalue weighted by Gasteiger charge is -2.21. The molecule has 70 valence electrons. The number of hydrogen-bond donors (Lipinski definition) is 0. The lowest BCUT2D eigenvalue weighted by molar-refractivity contribution is 0.0852. The minimum atomic E-state index is 0.668. The van der Waals surface area contributed by atoms with Crippen LogP contribution in [0.25, 0.3) is 0 Å². The largest absolute Gasteiger partial charge is 0.381 e. The molecule has 1 aliphatic heterocycles.